The van der Waals surface area contributed by atoms with E-state index in [1.807, 2.05) is 32.4 Å². The quantitative estimate of drug-likeness (QED) is 0.620. The van der Waals surface area contributed by atoms with E-state index in [4.69, 9.17) is 5.73 Å². The zero-order chi connectivity index (χ0) is 12.4. The molecule has 0 atom stereocenters. The Labute approximate surface area is 101 Å². The maximum Gasteiger partial charge on any atom is 0.191 e. The van der Waals surface area contributed by atoms with E-state index in [0.29, 0.717) is 12.5 Å². The Bertz CT molecular complexity index is 553. The van der Waals surface area contributed by atoms with Crippen LogP contribution in [-0.4, -0.2) is 34.3 Å². The first-order valence-electron chi connectivity index (χ1n) is 5.49. The largest absolute Gasteiger partial charge is 0.370 e. The van der Waals surface area contributed by atoms with Gasteiger partial charge < -0.3 is 15.0 Å². The summed E-state index contributed by atoms with van der Waals surface area (Å²) in [5.74, 6) is 0.513. The monoisotopic (exact) mass is 231 g/mol. The summed E-state index contributed by atoms with van der Waals surface area (Å²) in [6, 6.07) is 6.03. The second kappa shape index (κ2) is 4.45. The van der Waals surface area contributed by atoms with Gasteiger partial charge in [-0.25, -0.2) is 9.98 Å². The van der Waals surface area contributed by atoms with Crippen molar-refractivity contribution in [2.75, 3.05) is 14.1 Å². The van der Waals surface area contributed by atoms with Crippen LogP contribution in [0.4, 0.5) is 0 Å². The van der Waals surface area contributed by atoms with Gasteiger partial charge in [-0.05, 0) is 19.1 Å². The summed E-state index contributed by atoms with van der Waals surface area (Å²) in [5, 5.41) is 0. The summed E-state index contributed by atoms with van der Waals surface area (Å²) >= 11 is 0. The Kier molecular flexibility index (Phi) is 2.99. The molecule has 0 aliphatic rings. The number of nitrogens with two attached hydrogens (primary N) is 1. The number of hydrogen-bond acceptors (Lipinski definition) is 2. The van der Waals surface area contributed by atoms with Crippen LogP contribution in [0.5, 0.6) is 0 Å². The van der Waals surface area contributed by atoms with E-state index < -0.39 is 0 Å². The van der Waals surface area contributed by atoms with E-state index in [1.165, 1.54) is 0 Å². The highest BCUT2D eigenvalue weighted by Crippen LogP contribution is 2.09. The Morgan fingerprint density at radius 3 is 2.88 bits per heavy atom. The molecule has 0 radical (unpaired) electrons. The molecule has 2 aromatic rings. The highest BCUT2D eigenvalue weighted by molar-refractivity contribution is 5.77. The molecule has 5 nitrogen and oxygen atoms in total. The van der Waals surface area contributed by atoms with Crippen LogP contribution in [0.15, 0.2) is 29.4 Å². The lowest BCUT2D eigenvalue weighted by Gasteiger charge is -2.09. The minimum absolute atomic E-state index is 0.505. The molecule has 2 aromatic heterocycles. The Morgan fingerprint density at radius 2 is 2.24 bits per heavy atom. The molecular formula is C12H17N5. The number of nitrogens with zero attached hydrogens (tertiary/aromatic N) is 4. The second-order valence-corrected chi connectivity index (χ2v) is 4.20. The molecule has 0 aromatic carbocycles. The van der Waals surface area contributed by atoms with E-state index in [1.54, 1.807) is 4.90 Å². The second-order valence-electron chi connectivity index (χ2n) is 4.20. The molecular weight excluding hydrogens is 214 g/mol. The summed E-state index contributed by atoms with van der Waals surface area (Å²) in [4.78, 5) is 10.5. The topological polar surface area (TPSA) is 58.9 Å². The van der Waals surface area contributed by atoms with Gasteiger partial charge in [0.05, 0.1) is 12.2 Å². The molecule has 17 heavy (non-hydrogen) atoms. The van der Waals surface area contributed by atoms with Gasteiger partial charge in [0.15, 0.2) is 5.96 Å². The lowest BCUT2D eigenvalue weighted by Crippen LogP contribution is -2.30. The third-order valence-corrected chi connectivity index (χ3v) is 2.61. The summed E-state index contributed by atoms with van der Waals surface area (Å²) in [7, 11) is 3.74. The first-order chi connectivity index (χ1) is 8.08. The maximum atomic E-state index is 5.73. The molecule has 90 valence electrons. The number of aromatic nitrogens is 2. The van der Waals surface area contributed by atoms with Gasteiger partial charge in [-0.1, -0.05) is 6.07 Å². The number of aryl methyl sites for hydroxylation is 1. The number of guanidine groups is 1. The number of hydrogen-bond donors (Lipinski definition) is 1. The van der Waals surface area contributed by atoms with Crippen molar-refractivity contribution in [1.29, 1.82) is 0 Å². The summed E-state index contributed by atoms with van der Waals surface area (Å²) in [5.41, 5.74) is 8.75. The summed E-state index contributed by atoms with van der Waals surface area (Å²) in [6.45, 7) is 2.56. The van der Waals surface area contributed by atoms with Gasteiger partial charge in [0.2, 0.25) is 0 Å². The molecule has 0 amide bonds. The van der Waals surface area contributed by atoms with Crippen molar-refractivity contribution in [2.24, 2.45) is 10.7 Å². The number of fused-ring (bicyclic) bond motifs is 1. The van der Waals surface area contributed by atoms with Crippen molar-refractivity contribution < 1.29 is 0 Å². The number of imidazole rings is 1. The third-order valence-electron chi connectivity index (χ3n) is 2.61. The van der Waals surface area contributed by atoms with Crippen LogP contribution in [0.25, 0.3) is 5.65 Å². The fraction of sp³-hybridized carbons (Fsp3) is 0.333. The van der Waals surface area contributed by atoms with Crippen molar-refractivity contribution in [3.63, 3.8) is 0 Å². The molecule has 0 aliphatic carbocycles. The standard InChI is InChI=1S/C12H17N5/c1-9-5-4-6-11-15-10(8-17(9)11)7-14-12(13)16(2)3/h4-6,8H,7H2,1-3H3,(H2,13,14). The fourth-order valence-electron chi connectivity index (χ4n) is 1.58. The third kappa shape index (κ3) is 2.38. The molecule has 0 spiro atoms. The van der Waals surface area contributed by atoms with Crippen molar-refractivity contribution in [3.8, 4) is 0 Å². The van der Waals surface area contributed by atoms with Crippen molar-refractivity contribution in [2.45, 2.75) is 13.5 Å². The first-order valence-corrected chi connectivity index (χ1v) is 5.49. The van der Waals surface area contributed by atoms with Crippen LogP contribution in [0.1, 0.15) is 11.4 Å². The minimum Gasteiger partial charge on any atom is -0.370 e. The van der Waals surface area contributed by atoms with E-state index in [9.17, 15) is 0 Å². The van der Waals surface area contributed by atoms with Crippen LogP contribution < -0.4 is 5.73 Å². The Hall–Kier alpha value is -2.04. The molecule has 0 bridgehead atoms. The minimum atomic E-state index is 0.505. The lowest BCUT2D eigenvalue weighted by atomic mass is 10.4. The Morgan fingerprint density at radius 1 is 1.47 bits per heavy atom. The summed E-state index contributed by atoms with van der Waals surface area (Å²) < 4.78 is 2.05. The van der Waals surface area contributed by atoms with Crippen molar-refractivity contribution in [1.82, 2.24) is 14.3 Å². The van der Waals surface area contributed by atoms with Gasteiger partial charge in [0, 0.05) is 26.0 Å². The molecule has 0 saturated heterocycles. The Balaban J connectivity index is 2.26. The van der Waals surface area contributed by atoms with Crippen LogP contribution in [0.3, 0.4) is 0 Å². The molecule has 2 N–H and O–H groups in total. The molecule has 0 fully saturated rings. The average molecular weight is 231 g/mol. The van der Waals surface area contributed by atoms with Crippen molar-refractivity contribution in [3.05, 3.63) is 35.8 Å². The van der Waals surface area contributed by atoms with Gasteiger partial charge in [0.25, 0.3) is 0 Å². The fourth-order valence-corrected chi connectivity index (χ4v) is 1.58. The van der Waals surface area contributed by atoms with E-state index in [2.05, 4.69) is 27.4 Å². The van der Waals surface area contributed by atoms with Gasteiger partial charge >= 0.3 is 0 Å². The van der Waals surface area contributed by atoms with Crippen LogP contribution >= 0.6 is 0 Å². The number of aliphatic imine (C=N–C) groups is 1. The highest BCUT2D eigenvalue weighted by atomic mass is 15.2. The average Bonchev–Trinajstić information content (AvgIpc) is 2.70. The van der Waals surface area contributed by atoms with Crippen LogP contribution in [-0.2, 0) is 6.54 Å². The summed E-state index contributed by atoms with van der Waals surface area (Å²) in [6.07, 6.45) is 2.00. The molecule has 2 heterocycles. The van der Waals surface area contributed by atoms with Crippen LogP contribution in [0.2, 0.25) is 0 Å². The predicted octanol–water partition coefficient (Wildman–Crippen LogP) is 1.02. The smallest absolute Gasteiger partial charge is 0.191 e. The molecule has 2 rings (SSSR count). The normalized spacial score (nSPS) is 12.1. The van der Waals surface area contributed by atoms with Crippen LogP contribution in [0, 0.1) is 6.92 Å². The van der Waals surface area contributed by atoms with Gasteiger partial charge in [0.1, 0.15) is 5.65 Å². The number of rotatable bonds is 2. The highest BCUT2D eigenvalue weighted by Gasteiger charge is 2.02. The molecule has 0 unspecified atom stereocenters. The SMILES string of the molecule is Cc1cccc2nc(CN=C(N)N(C)C)cn12. The van der Waals surface area contributed by atoms with E-state index in [-0.39, 0.29) is 0 Å². The van der Waals surface area contributed by atoms with E-state index in [0.717, 1.165) is 17.0 Å². The van der Waals surface area contributed by atoms with Crippen molar-refractivity contribution >= 4 is 11.6 Å². The van der Waals surface area contributed by atoms with Gasteiger partial charge in [-0.15, -0.1) is 0 Å². The lowest BCUT2D eigenvalue weighted by molar-refractivity contribution is 0.609. The molecule has 5 heteroatoms. The zero-order valence-corrected chi connectivity index (χ0v) is 10.4. The van der Waals surface area contributed by atoms with Gasteiger partial charge in [-0.2, -0.15) is 0 Å². The predicted molar refractivity (Wildman–Crippen MR) is 68.9 cm³/mol. The molecule has 0 saturated carbocycles. The molecule has 0 aliphatic heterocycles. The van der Waals surface area contributed by atoms with E-state index >= 15 is 0 Å². The zero-order valence-electron chi connectivity index (χ0n) is 10.4. The van der Waals surface area contributed by atoms with Gasteiger partial charge in [-0.3, -0.25) is 0 Å². The first kappa shape index (κ1) is 11.4. The maximum absolute atomic E-state index is 5.73. The number of pyridine rings is 1.